The fourth-order valence-electron chi connectivity index (χ4n) is 5.24. The zero-order valence-electron chi connectivity index (χ0n) is 28.1. The molecule has 1 atom stereocenters. The molecule has 0 bridgehead atoms. The van der Waals surface area contributed by atoms with Gasteiger partial charge in [0.05, 0.1) is 33.6 Å². The first-order chi connectivity index (χ1) is 18.6. The van der Waals surface area contributed by atoms with E-state index in [1.807, 2.05) is 55.4 Å². The minimum atomic E-state index is -0.476. The molecule has 5 rings (SSSR count). The molecular formula is C30H53B3N2O6. The maximum atomic E-state index is 6.18. The highest BCUT2D eigenvalue weighted by atomic mass is 16.7. The standard InChI is InChI=1S/C18H29BN2O2.C12H24B2O4/c1-17(2)18(3,4)23-19(22-17)14-8-7-9-15(12-14)21-11-10-16(13-21)20(5)6;1-9(2)10(3,4)16-13(15-9)14-17-11(5,6)12(7,8)18-14/h7-9,12,16H,10-11,13H2,1-6H3;1-8H3. The molecule has 0 aliphatic carbocycles. The highest BCUT2D eigenvalue weighted by Crippen LogP contribution is 2.43. The van der Waals surface area contributed by atoms with Crippen molar-refractivity contribution in [3.05, 3.63) is 24.3 Å². The van der Waals surface area contributed by atoms with Crippen LogP contribution < -0.4 is 10.4 Å². The van der Waals surface area contributed by atoms with Crippen LogP contribution in [0.3, 0.4) is 0 Å². The van der Waals surface area contributed by atoms with Gasteiger partial charge in [0.2, 0.25) is 0 Å². The molecule has 0 amide bonds. The molecule has 8 nitrogen and oxygen atoms in total. The van der Waals surface area contributed by atoms with Crippen LogP contribution in [0, 0.1) is 0 Å². The van der Waals surface area contributed by atoms with Gasteiger partial charge in [0.15, 0.2) is 0 Å². The van der Waals surface area contributed by atoms with Gasteiger partial charge in [0.1, 0.15) is 0 Å². The normalized spacial score (nSPS) is 28.8. The molecule has 0 saturated carbocycles. The summed E-state index contributed by atoms with van der Waals surface area (Å²) in [7, 11) is 3.09. The number of likely N-dealkylation sites (N-methyl/N-ethyl adjacent to an activating group) is 1. The van der Waals surface area contributed by atoms with Crippen molar-refractivity contribution in [3.8, 4) is 0 Å². The van der Waals surface area contributed by atoms with Gasteiger partial charge in [-0.3, -0.25) is 0 Å². The Labute approximate surface area is 250 Å². The molecule has 1 unspecified atom stereocenters. The molecule has 0 radical (unpaired) electrons. The molecule has 11 heteroatoms. The molecule has 0 spiro atoms. The second-order valence-electron chi connectivity index (χ2n) is 15.3. The third-order valence-corrected chi connectivity index (χ3v) is 10.4. The Hall–Kier alpha value is -1.07. The third-order valence-electron chi connectivity index (χ3n) is 10.4. The number of rotatable bonds is 4. The van der Waals surface area contributed by atoms with Crippen LogP contribution in [0.5, 0.6) is 0 Å². The van der Waals surface area contributed by atoms with E-state index in [9.17, 15) is 0 Å². The third kappa shape index (κ3) is 6.42. The Morgan fingerprint density at radius 2 is 1.07 bits per heavy atom. The molecule has 1 aromatic carbocycles. The average Bonchev–Trinajstić information content (AvgIpc) is 3.51. The molecule has 4 saturated heterocycles. The summed E-state index contributed by atoms with van der Waals surface area (Å²) < 4.78 is 36.2. The zero-order chi connectivity index (χ0) is 30.8. The van der Waals surface area contributed by atoms with Crippen LogP contribution in [0.15, 0.2) is 24.3 Å². The monoisotopic (exact) mass is 570 g/mol. The summed E-state index contributed by atoms with van der Waals surface area (Å²) in [5, 5.41) is 0. The van der Waals surface area contributed by atoms with E-state index in [1.54, 1.807) is 0 Å². The van der Waals surface area contributed by atoms with Crippen molar-refractivity contribution in [2.24, 2.45) is 0 Å². The predicted octanol–water partition coefficient (Wildman–Crippen LogP) is 4.38. The zero-order valence-corrected chi connectivity index (χ0v) is 28.1. The molecule has 4 aliphatic rings. The van der Waals surface area contributed by atoms with Crippen LogP contribution in [0.1, 0.15) is 89.5 Å². The van der Waals surface area contributed by atoms with Gasteiger partial charge >= 0.3 is 21.1 Å². The molecule has 4 heterocycles. The van der Waals surface area contributed by atoms with Crippen LogP contribution >= 0.6 is 0 Å². The lowest BCUT2D eigenvalue weighted by Gasteiger charge is -2.32. The summed E-state index contributed by atoms with van der Waals surface area (Å²) in [6.07, 6.45) is 1.22. The first-order valence-corrected chi connectivity index (χ1v) is 15.2. The minimum absolute atomic E-state index is 0.285. The Bertz CT molecular complexity index is 1010. The topological polar surface area (TPSA) is 61.9 Å². The molecule has 1 aromatic rings. The summed E-state index contributed by atoms with van der Waals surface area (Å²) in [4.78, 5) is 4.78. The van der Waals surface area contributed by atoms with E-state index in [0.717, 1.165) is 18.6 Å². The lowest BCUT2D eigenvalue weighted by atomic mass is 9.49. The Morgan fingerprint density at radius 3 is 1.46 bits per heavy atom. The van der Waals surface area contributed by atoms with E-state index in [1.165, 1.54) is 12.1 Å². The van der Waals surface area contributed by atoms with Crippen LogP contribution in [-0.4, -0.2) is 92.9 Å². The quantitative estimate of drug-likeness (QED) is 0.495. The summed E-state index contributed by atoms with van der Waals surface area (Å²) in [5.41, 5.74) is 0.343. The SMILES string of the molecule is CC1(C)OB(B2OC(C)(C)C(C)(C)O2)OC1(C)C.CN(C)C1CCN(c2cccc(B3OC(C)(C)C(C)(C)O3)c2)C1. The van der Waals surface area contributed by atoms with Gasteiger partial charge in [-0.1, -0.05) is 12.1 Å². The van der Waals surface area contributed by atoms with Crippen LogP contribution in [0.25, 0.3) is 0 Å². The first kappa shape index (κ1) is 32.8. The lowest BCUT2D eigenvalue weighted by molar-refractivity contribution is 0.00578. The van der Waals surface area contributed by atoms with Crippen molar-refractivity contribution in [2.75, 3.05) is 32.1 Å². The second-order valence-corrected chi connectivity index (χ2v) is 15.3. The summed E-state index contributed by atoms with van der Waals surface area (Å²) in [6, 6.07) is 9.26. The van der Waals surface area contributed by atoms with Gasteiger partial charge in [0.25, 0.3) is 0 Å². The summed E-state index contributed by atoms with van der Waals surface area (Å²) in [6.45, 7) is 26.8. The molecule has 0 aromatic heterocycles. The van der Waals surface area contributed by atoms with Gasteiger partial charge in [-0.05, 0) is 121 Å². The van der Waals surface area contributed by atoms with Gasteiger partial charge in [0, 0.05) is 24.8 Å². The first-order valence-electron chi connectivity index (χ1n) is 15.2. The maximum Gasteiger partial charge on any atom is 0.494 e. The molecule has 228 valence electrons. The summed E-state index contributed by atoms with van der Waals surface area (Å²) in [5.74, 6) is 0. The number of hydrogen-bond acceptors (Lipinski definition) is 8. The highest BCUT2D eigenvalue weighted by molar-refractivity contribution is 7.11. The van der Waals surface area contributed by atoms with Crippen LogP contribution in [0.4, 0.5) is 5.69 Å². The molecule has 4 aliphatic heterocycles. The Balaban J connectivity index is 0.000000195. The second kappa shape index (κ2) is 10.8. The van der Waals surface area contributed by atoms with Crippen LogP contribution in [0.2, 0.25) is 0 Å². The number of anilines is 1. The fraction of sp³-hybridized carbons (Fsp3) is 0.800. The average molecular weight is 570 g/mol. The molecule has 41 heavy (non-hydrogen) atoms. The Morgan fingerprint density at radius 1 is 0.659 bits per heavy atom. The van der Waals surface area contributed by atoms with Crippen molar-refractivity contribution in [2.45, 2.75) is 129 Å². The van der Waals surface area contributed by atoms with Crippen molar-refractivity contribution in [3.63, 3.8) is 0 Å². The van der Waals surface area contributed by atoms with E-state index >= 15 is 0 Å². The number of hydrogen-bond donors (Lipinski definition) is 0. The van der Waals surface area contributed by atoms with Crippen molar-refractivity contribution < 1.29 is 27.9 Å². The van der Waals surface area contributed by atoms with Gasteiger partial charge in [-0.2, -0.15) is 0 Å². The minimum Gasteiger partial charge on any atom is -0.405 e. The van der Waals surface area contributed by atoms with Crippen molar-refractivity contribution in [1.29, 1.82) is 0 Å². The summed E-state index contributed by atoms with van der Waals surface area (Å²) >= 11 is 0. The molecule has 0 N–H and O–H groups in total. The lowest BCUT2D eigenvalue weighted by Crippen LogP contribution is -2.41. The van der Waals surface area contributed by atoms with Gasteiger partial charge in [-0.15, -0.1) is 0 Å². The van der Waals surface area contributed by atoms with E-state index in [2.05, 4.69) is 75.9 Å². The largest absolute Gasteiger partial charge is 0.494 e. The van der Waals surface area contributed by atoms with Crippen molar-refractivity contribution in [1.82, 2.24) is 4.90 Å². The van der Waals surface area contributed by atoms with Gasteiger partial charge in [-0.25, -0.2) is 0 Å². The number of nitrogens with zero attached hydrogens (tertiary/aromatic N) is 2. The smallest absolute Gasteiger partial charge is 0.405 e. The van der Waals surface area contributed by atoms with Crippen molar-refractivity contribution >= 4 is 32.3 Å². The maximum absolute atomic E-state index is 6.18. The van der Waals surface area contributed by atoms with E-state index in [4.69, 9.17) is 27.9 Å². The molecule has 4 fully saturated rings. The van der Waals surface area contributed by atoms with E-state index < -0.39 is 14.0 Å². The van der Waals surface area contributed by atoms with E-state index in [-0.39, 0.29) is 40.7 Å². The van der Waals surface area contributed by atoms with Crippen LogP contribution in [-0.2, 0) is 27.9 Å². The fourth-order valence-corrected chi connectivity index (χ4v) is 5.24. The van der Waals surface area contributed by atoms with E-state index in [0.29, 0.717) is 6.04 Å². The Kier molecular flexibility index (Phi) is 8.67. The number of benzene rings is 1. The molecular weight excluding hydrogens is 517 g/mol. The highest BCUT2D eigenvalue weighted by Gasteiger charge is 2.63. The van der Waals surface area contributed by atoms with Gasteiger partial charge < -0.3 is 37.7 Å². The predicted molar refractivity (Wildman–Crippen MR) is 169 cm³/mol.